The molecule has 1 amide bonds. The topological polar surface area (TPSA) is 91.0 Å². The fourth-order valence-corrected chi connectivity index (χ4v) is 3.13. The summed E-state index contributed by atoms with van der Waals surface area (Å²) in [5, 5.41) is 14.8. The van der Waals surface area contributed by atoms with Crippen LogP contribution in [0.5, 0.6) is 0 Å². The summed E-state index contributed by atoms with van der Waals surface area (Å²) < 4.78 is 0. The number of amidine groups is 1. The molecule has 1 saturated carbocycles. The number of carbonyl (C=O) groups excluding carboxylic acids is 1. The number of nitrogens with two attached hydrogens (primary N) is 1. The van der Waals surface area contributed by atoms with Crippen molar-refractivity contribution >= 4 is 11.7 Å². The summed E-state index contributed by atoms with van der Waals surface area (Å²) in [6, 6.07) is 0. The van der Waals surface area contributed by atoms with Gasteiger partial charge in [0, 0.05) is 13.1 Å². The summed E-state index contributed by atoms with van der Waals surface area (Å²) in [5.41, 5.74) is 4.92. The normalized spacial score (nSPS) is 24.1. The lowest BCUT2D eigenvalue weighted by atomic mass is 9.67. The number of hydrogen-bond acceptors (Lipinski definition) is 4. The van der Waals surface area contributed by atoms with E-state index in [4.69, 9.17) is 10.9 Å². The van der Waals surface area contributed by atoms with E-state index in [0.717, 1.165) is 13.0 Å². The largest absolute Gasteiger partial charge is 0.409 e. The first-order valence-corrected chi connectivity index (χ1v) is 7.57. The average molecular weight is 282 g/mol. The van der Waals surface area contributed by atoms with Crippen LogP contribution in [0.2, 0.25) is 0 Å². The Bertz CT molecular complexity index is 373. The van der Waals surface area contributed by atoms with Gasteiger partial charge in [0.05, 0.1) is 0 Å². The Morgan fingerprint density at radius 3 is 2.55 bits per heavy atom. The summed E-state index contributed by atoms with van der Waals surface area (Å²) in [6.07, 6.45) is 4.87. The number of amides is 1. The van der Waals surface area contributed by atoms with Crippen molar-refractivity contribution < 1.29 is 10.0 Å². The molecule has 1 aliphatic heterocycles. The molecule has 6 heteroatoms. The SMILES string of the molecule is CC(CNC(=O)C1(C(N)=NO)CCC1)CN1CCCC1. The first-order valence-electron chi connectivity index (χ1n) is 7.57. The molecule has 4 N–H and O–H groups in total. The van der Waals surface area contributed by atoms with Crippen LogP contribution in [0, 0.1) is 11.3 Å². The number of oxime groups is 1. The fourth-order valence-electron chi connectivity index (χ4n) is 3.13. The van der Waals surface area contributed by atoms with Crippen LogP contribution in [0.3, 0.4) is 0 Å². The highest BCUT2D eigenvalue weighted by Gasteiger charge is 2.48. The van der Waals surface area contributed by atoms with Crippen molar-refractivity contribution in [3.63, 3.8) is 0 Å². The number of carbonyl (C=O) groups is 1. The van der Waals surface area contributed by atoms with Crippen LogP contribution >= 0.6 is 0 Å². The van der Waals surface area contributed by atoms with Crippen LogP contribution in [0.25, 0.3) is 0 Å². The zero-order valence-corrected chi connectivity index (χ0v) is 12.3. The molecule has 1 atom stereocenters. The molecular weight excluding hydrogens is 256 g/mol. The fraction of sp³-hybridized carbons (Fsp3) is 0.857. The molecular formula is C14H26N4O2. The van der Waals surface area contributed by atoms with Crippen molar-refractivity contribution in [2.45, 2.75) is 39.0 Å². The molecule has 0 bridgehead atoms. The summed E-state index contributed by atoms with van der Waals surface area (Å²) in [7, 11) is 0. The van der Waals surface area contributed by atoms with Crippen LogP contribution in [-0.2, 0) is 4.79 Å². The molecule has 1 saturated heterocycles. The van der Waals surface area contributed by atoms with Crippen LogP contribution < -0.4 is 11.1 Å². The number of nitrogens with one attached hydrogen (secondary N) is 1. The van der Waals surface area contributed by atoms with Crippen molar-refractivity contribution in [2.24, 2.45) is 22.2 Å². The Hall–Kier alpha value is -1.30. The standard InChI is InChI=1S/C14H26N4O2/c1-11(10-18-7-2-3-8-18)9-16-13(19)14(5-4-6-14)12(15)17-20/h11,20H,2-10H2,1H3,(H2,15,17)(H,16,19). The Balaban J connectivity index is 1.79. The molecule has 1 unspecified atom stereocenters. The molecule has 0 aromatic carbocycles. The van der Waals surface area contributed by atoms with E-state index < -0.39 is 5.41 Å². The molecule has 114 valence electrons. The summed E-state index contributed by atoms with van der Waals surface area (Å²) in [5.74, 6) is 0.377. The molecule has 2 fully saturated rings. The average Bonchev–Trinajstić information content (AvgIpc) is 2.87. The number of hydrogen-bond donors (Lipinski definition) is 3. The van der Waals surface area contributed by atoms with Crippen LogP contribution in [0.15, 0.2) is 5.16 Å². The maximum Gasteiger partial charge on any atom is 0.233 e. The molecule has 0 spiro atoms. The predicted molar refractivity (Wildman–Crippen MR) is 77.5 cm³/mol. The van der Waals surface area contributed by atoms with Gasteiger partial charge < -0.3 is 21.2 Å². The van der Waals surface area contributed by atoms with Crippen molar-refractivity contribution in [2.75, 3.05) is 26.2 Å². The number of likely N-dealkylation sites (tertiary alicyclic amines) is 1. The molecule has 2 rings (SSSR count). The highest BCUT2D eigenvalue weighted by molar-refractivity contribution is 6.07. The third kappa shape index (κ3) is 3.06. The number of nitrogens with zero attached hydrogens (tertiary/aromatic N) is 2. The van der Waals surface area contributed by atoms with Gasteiger partial charge in [0.15, 0.2) is 5.84 Å². The van der Waals surface area contributed by atoms with Gasteiger partial charge in [-0.3, -0.25) is 4.79 Å². The second kappa shape index (κ2) is 6.43. The molecule has 20 heavy (non-hydrogen) atoms. The smallest absolute Gasteiger partial charge is 0.233 e. The van der Waals surface area contributed by atoms with Crippen LogP contribution in [0.1, 0.15) is 39.0 Å². The zero-order chi connectivity index (χ0) is 14.6. The lowest BCUT2D eigenvalue weighted by Crippen LogP contribution is -2.54. The molecule has 0 radical (unpaired) electrons. The van der Waals surface area contributed by atoms with Crippen LogP contribution in [0.4, 0.5) is 0 Å². The molecule has 2 aliphatic rings. The summed E-state index contributed by atoms with van der Waals surface area (Å²) in [4.78, 5) is 14.7. The van der Waals surface area contributed by atoms with Gasteiger partial charge in [-0.15, -0.1) is 0 Å². The first-order chi connectivity index (χ1) is 9.58. The first kappa shape index (κ1) is 15.1. The van der Waals surface area contributed by atoms with Gasteiger partial charge in [-0.05, 0) is 44.7 Å². The van der Waals surface area contributed by atoms with Gasteiger partial charge in [-0.2, -0.15) is 0 Å². The monoisotopic (exact) mass is 282 g/mol. The third-order valence-electron chi connectivity index (χ3n) is 4.62. The second-order valence-electron chi connectivity index (χ2n) is 6.24. The van der Waals surface area contributed by atoms with Gasteiger partial charge in [0.1, 0.15) is 5.41 Å². The Morgan fingerprint density at radius 1 is 1.40 bits per heavy atom. The molecule has 1 heterocycles. The van der Waals surface area contributed by atoms with E-state index in [2.05, 4.69) is 22.3 Å². The Labute approximate surface area is 120 Å². The molecule has 0 aromatic rings. The maximum absolute atomic E-state index is 12.3. The van der Waals surface area contributed by atoms with E-state index in [1.54, 1.807) is 0 Å². The van der Waals surface area contributed by atoms with E-state index in [1.165, 1.54) is 25.9 Å². The zero-order valence-electron chi connectivity index (χ0n) is 12.3. The van der Waals surface area contributed by atoms with Crippen molar-refractivity contribution in [1.82, 2.24) is 10.2 Å². The molecule has 1 aliphatic carbocycles. The predicted octanol–water partition coefficient (Wildman–Crippen LogP) is 0.751. The van der Waals surface area contributed by atoms with Crippen molar-refractivity contribution in [3.05, 3.63) is 0 Å². The second-order valence-corrected chi connectivity index (χ2v) is 6.24. The van der Waals surface area contributed by atoms with Crippen molar-refractivity contribution in [3.8, 4) is 0 Å². The van der Waals surface area contributed by atoms with Gasteiger partial charge in [0.25, 0.3) is 0 Å². The third-order valence-corrected chi connectivity index (χ3v) is 4.62. The Morgan fingerprint density at radius 2 is 2.05 bits per heavy atom. The highest BCUT2D eigenvalue weighted by atomic mass is 16.4. The van der Waals surface area contributed by atoms with Crippen LogP contribution in [-0.4, -0.2) is 48.0 Å². The van der Waals surface area contributed by atoms with E-state index in [9.17, 15) is 4.79 Å². The minimum Gasteiger partial charge on any atom is -0.409 e. The summed E-state index contributed by atoms with van der Waals surface area (Å²) in [6.45, 7) is 6.17. The minimum absolute atomic E-state index is 0.0495. The minimum atomic E-state index is -0.762. The van der Waals surface area contributed by atoms with Gasteiger partial charge in [0.2, 0.25) is 5.91 Å². The lowest BCUT2D eigenvalue weighted by Gasteiger charge is -2.39. The van der Waals surface area contributed by atoms with E-state index in [1.807, 2.05) is 0 Å². The van der Waals surface area contributed by atoms with E-state index in [-0.39, 0.29) is 11.7 Å². The quantitative estimate of drug-likeness (QED) is 0.290. The van der Waals surface area contributed by atoms with Gasteiger partial charge >= 0.3 is 0 Å². The number of rotatable bonds is 6. The lowest BCUT2D eigenvalue weighted by molar-refractivity contribution is -0.131. The maximum atomic E-state index is 12.3. The van der Waals surface area contributed by atoms with Crippen molar-refractivity contribution in [1.29, 1.82) is 0 Å². The van der Waals surface area contributed by atoms with E-state index >= 15 is 0 Å². The molecule has 0 aromatic heterocycles. The Kier molecular flexibility index (Phi) is 4.86. The highest BCUT2D eigenvalue weighted by Crippen LogP contribution is 2.41. The van der Waals surface area contributed by atoms with Gasteiger partial charge in [-0.1, -0.05) is 18.5 Å². The summed E-state index contributed by atoms with van der Waals surface area (Å²) >= 11 is 0. The van der Waals surface area contributed by atoms with E-state index in [0.29, 0.717) is 25.3 Å². The van der Waals surface area contributed by atoms with Gasteiger partial charge in [-0.25, -0.2) is 0 Å². The molecule has 6 nitrogen and oxygen atoms in total.